The van der Waals surface area contributed by atoms with Crippen molar-refractivity contribution in [3.63, 3.8) is 0 Å². The maximum atomic E-state index is 11.8. The van der Waals surface area contributed by atoms with Gasteiger partial charge in [-0.25, -0.2) is 4.98 Å². The van der Waals surface area contributed by atoms with Crippen LogP contribution in [0.2, 0.25) is 0 Å². The van der Waals surface area contributed by atoms with E-state index in [0.717, 1.165) is 12.2 Å². The van der Waals surface area contributed by atoms with Gasteiger partial charge in [-0.05, 0) is 32.1 Å². The van der Waals surface area contributed by atoms with Gasteiger partial charge in [-0.3, -0.25) is 9.89 Å². The molecule has 1 heterocycles. The minimum absolute atomic E-state index is 0.195. The van der Waals surface area contributed by atoms with Crippen molar-refractivity contribution < 1.29 is 4.79 Å². The van der Waals surface area contributed by atoms with Crippen molar-refractivity contribution in [1.29, 1.82) is 0 Å². The van der Waals surface area contributed by atoms with Crippen molar-refractivity contribution in [2.75, 3.05) is 6.54 Å². The van der Waals surface area contributed by atoms with Crippen LogP contribution in [0.5, 0.6) is 0 Å². The fraction of sp³-hybridized carbons (Fsp3) is 0.643. The summed E-state index contributed by atoms with van der Waals surface area (Å²) in [4.78, 5) is 16.0. The Hall–Kier alpha value is -1.65. The van der Waals surface area contributed by atoms with Crippen molar-refractivity contribution in [3.05, 3.63) is 23.3 Å². The van der Waals surface area contributed by atoms with E-state index in [1.807, 2.05) is 13.8 Å². The quantitative estimate of drug-likeness (QED) is 0.801. The lowest BCUT2D eigenvalue weighted by molar-refractivity contribution is 0.0944. The van der Waals surface area contributed by atoms with Gasteiger partial charge in [0.05, 0.1) is 0 Å². The number of carbonyl (C=O) groups is 1. The van der Waals surface area contributed by atoms with E-state index in [0.29, 0.717) is 6.54 Å². The first-order valence-electron chi connectivity index (χ1n) is 7.05. The monoisotopic (exact) mass is 262 g/mol. The summed E-state index contributed by atoms with van der Waals surface area (Å²) in [5.74, 6) is 1.04. The van der Waals surface area contributed by atoms with E-state index >= 15 is 0 Å². The van der Waals surface area contributed by atoms with Crippen molar-refractivity contribution >= 4 is 5.91 Å². The molecule has 0 saturated carbocycles. The molecule has 0 atom stereocenters. The SMILES string of the molecule is CC(C)c1nc(C(=O)NCCC2=CCCCC2)n[nH]1. The molecule has 1 aromatic heterocycles. The number of hydrogen-bond donors (Lipinski definition) is 2. The number of hydrogen-bond acceptors (Lipinski definition) is 3. The fourth-order valence-corrected chi connectivity index (χ4v) is 2.18. The molecule has 1 aromatic rings. The normalized spacial score (nSPS) is 15.4. The molecule has 0 fully saturated rings. The molecule has 0 unspecified atom stereocenters. The molecule has 1 aliphatic rings. The van der Waals surface area contributed by atoms with E-state index in [9.17, 15) is 4.79 Å². The number of aromatic amines is 1. The first-order chi connectivity index (χ1) is 9.16. The lowest BCUT2D eigenvalue weighted by atomic mass is 9.97. The van der Waals surface area contributed by atoms with Gasteiger partial charge in [-0.15, -0.1) is 5.10 Å². The summed E-state index contributed by atoms with van der Waals surface area (Å²) in [6.07, 6.45) is 8.17. The highest BCUT2D eigenvalue weighted by atomic mass is 16.2. The zero-order valence-corrected chi connectivity index (χ0v) is 11.7. The number of allylic oxidation sites excluding steroid dienone is 1. The van der Waals surface area contributed by atoms with E-state index in [4.69, 9.17) is 0 Å². The Morgan fingerprint density at radius 1 is 1.47 bits per heavy atom. The highest BCUT2D eigenvalue weighted by Crippen LogP contribution is 2.19. The summed E-state index contributed by atoms with van der Waals surface area (Å²) >= 11 is 0. The molecule has 2 rings (SSSR count). The fourth-order valence-electron chi connectivity index (χ4n) is 2.18. The lowest BCUT2D eigenvalue weighted by Crippen LogP contribution is -2.26. The van der Waals surface area contributed by atoms with Crippen LogP contribution in [0.15, 0.2) is 11.6 Å². The number of aromatic nitrogens is 3. The molecule has 0 aromatic carbocycles. The van der Waals surface area contributed by atoms with Crippen LogP contribution in [0.25, 0.3) is 0 Å². The summed E-state index contributed by atoms with van der Waals surface area (Å²) in [5.41, 5.74) is 1.46. The molecule has 0 aliphatic heterocycles. The average Bonchev–Trinajstić information content (AvgIpc) is 2.89. The Balaban J connectivity index is 1.78. The van der Waals surface area contributed by atoms with Crippen LogP contribution in [0.3, 0.4) is 0 Å². The van der Waals surface area contributed by atoms with E-state index in [-0.39, 0.29) is 17.6 Å². The molecule has 2 N–H and O–H groups in total. The van der Waals surface area contributed by atoms with Crippen molar-refractivity contribution in [2.45, 2.75) is 51.9 Å². The third-order valence-corrected chi connectivity index (χ3v) is 3.37. The average molecular weight is 262 g/mol. The van der Waals surface area contributed by atoms with Gasteiger partial charge in [-0.2, -0.15) is 0 Å². The molecule has 5 nitrogen and oxygen atoms in total. The molecule has 0 bridgehead atoms. The lowest BCUT2D eigenvalue weighted by Gasteiger charge is -2.12. The van der Waals surface area contributed by atoms with E-state index in [1.54, 1.807) is 0 Å². The van der Waals surface area contributed by atoms with Gasteiger partial charge >= 0.3 is 0 Å². The van der Waals surface area contributed by atoms with Gasteiger partial charge in [0, 0.05) is 12.5 Å². The van der Waals surface area contributed by atoms with Crippen molar-refractivity contribution in [2.24, 2.45) is 0 Å². The second-order valence-electron chi connectivity index (χ2n) is 5.31. The summed E-state index contributed by atoms with van der Waals surface area (Å²) in [6, 6.07) is 0. The zero-order chi connectivity index (χ0) is 13.7. The van der Waals surface area contributed by atoms with E-state index in [1.165, 1.54) is 31.3 Å². The molecule has 1 amide bonds. The molecule has 1 aliphatic carbocycles. The number of carbonyl (C=O) groups excluding carboxylic acids is 1. The summed E-state index contributed by atoms with van der Waals surface area (Å²) in [6.45, 7) is 4.69. The number of rotatable bonds is 5. The van der Waals surface area contributed by atoms with Gasteiger partial charge < -0.3 is 5.32 Å². The molecular formula is C14H22N4O. The first-order valence-corrected chi connectivity index (χ1v) is 7.05. The maximum absolute atomic E-state index is 11.8. The summed E-state index contributed by atoms with van der Waals surface area (Å²) in [5, 5.41) is 9.61. The highest BCUT2D eigenvalue weighted by Gasteiger charge is 2.13. The molecule has 0 saturated heterocycles. The van der Waals surface area contributed by atoms with Crippen LogP contribution in [0.1, 0.15) is 68.3 Å². The standard InChI is InChI=1S/C14H22N4O/c1-10(2)12-16-13(18-17-12)14(19)15-9-8-11-6-4-3-5-7-11/h6,10H,3-5,7-9H2,1-2H3,(H,15,19)(H,16,17,18). The number of amides is 1. The third-order valence-electron chi connectivity index (χ3n) is 3.37. The Morgan fingerprint density at radius 2 is 2.32 bits per heavy atom. The second-order valence-corrected chi connectivity index (χ2v) is 5.31. The van der Waals surface area contributed by atoms with Gasteiger partial charge in [-0.1, -0.05) is 25.5 Å². The van der Waals surface area contributed by atoms with Crippen LogP contribution >= 0.6 is 0 Å². The Bertz CT molecular complexity index is 462. The summed E-state index contributed by atoms with van der Waals surface area (Å²) < 4.78 is 0. The Kier molecular flexibility index (Phi) is 4.71. The van der Waals surface area contributed by atoms with Crippen LogP contribution in [0.4, 0.5) is 0 Å². The molecule has 104 valence electrons. The zero-order valence-electron chi connectivity index (χ0n) is 11.7. The molecule has 0 radical (unpaired) electrons. The van der Waals surface area contributed by atoms with Crippen LogP contribution in [-0.2, 0) is 0 Å². The van der Waals surface area contributed by atoms with E-state index < -0.39 is 0 Å². The third kappa shape index (κ3) is 3.91. The van der Waals surface area contributed by atoms with Crippen molar-refractivity contribution in [1.82, 2.24) is 20.5 Å². The Morgan fingerprint density at radius 3 is 2.95 bits per heavy atom. The summed E-state index contributed by atoms with van der Waals surface area (Å²) in [7, 11) is 0. The van der Waals surface area contributed by atoms with Gasteiger partial charge in [0.25, 0.3) is 5.91 Å². The predicted octanol–water partition coefficient (Wildman–Crippen LogP) is 2.55. The molecule has 0 spiro atoms. The molecular weight excluding hydrogens is 240 g/mol. The van der Waals surface area contributed by atoms with Gasteiger partial charge in [0.2, 0.25) is 5.82 Å². The van der Waals surface area contributed by atoms with E-state index in [2.05, 4.69) is 26.6 Å². The van der Waals surface area contributed by atoms with Gasteiger partial charge in [0.1, 0.15) is 5.82 Å². The topological polar surface area (TPSA) is 70.7 Å². The minimum Gasteiger partial charge on any atom is -0.349 e. The smallest absolute Gasteiger partial charge is 0.290 e. The van der Waals surface area contributed by atoms with Crippen LogP contribution in [-0.4, -0.2) is 27.6 Å². The second kappa shape index (κ2) is 6.50. The highest BCUT2D eigenvalue weighted by molar-refractivity contribution is 5.90. The maximum Gasteiger partial charge on any atom is 0.290 e. The van der Waals surface area contributed by atoms with Crippen LogP contribution < -0.4 is 5.32 Å². The number of H-pyrrole nitrogens is 1. The number of nitrogens with one attached hydrogen (secondary N) is 2. The van der Waals surface area contributed by atoms with Crippen molar-refractivity contribution in [3.8, 4) is 0 Å². The largest absolute Gasteiger partial charge is 0.349 e. The number of nitrogens with zero attached hydrogens (tertiary/aromatic N) is 2. The van der Waals surface area contributed by atoms with Crippen LogP contribution in [0, 0.1) is 0 Å². The Labute approximate surface area is 113 Å². The first kappa shape index (κ1) is 13.8. The molecule has 5 heteroatoms. The van der Waals surface area contributed by atoms with Gasteiger partial charge in [0.15, 0.2) is 0 Å². The minimum atomic E-state index is -0.195. The molecule has 19 heavy (non-hydrogen) atoms. The predicted molar refractivity (Wildman–Crippen MR) is 74.0 cm³/mol.